The van der Waals surface area contributed by atoms with Gasteiger partial charge >= 0.3 is 0 Å². The highest BCUT2D eigenvalue weighted by atomic mass is 16.3. The minimum absolute atomic E-state index is 0.226. The molecule has 1 radical (unpaired) electrons. The SMILES string of the molecule is [CH2]CC(O)N=[N+]=[N-]. The summed E-state index contributed by atoms with van der Waals surface area (Å²) in [6.07, 6.45) is -0.727. The Kier molecular flexibility index (Phi) is 3.10. The van der Waals surface area contributed by atoms with Crippen LogP contribution in [0.5, 0.6) is 0 Å². The zero-order chi connectivity index (χ0) is 5.70. The molecule has 7 heavy (non-hydrogen) atoms. The van der Waals surface area contributed by atoms with Crippen LogP contribution in [0.4, 0.5) is 0 Å². The molecule has 39 valence electrons. The topological polar surface area (TPSA) is 69.0 Å². The van der Waals surface area contributed by atoms with Crippen molar-refractivity contribution in [3.8, 4) is 0 Å². The maximum Gasteiger partial charge on any atom is 0.133 e. The summed E-state index contributed by atoms with van der Waals surface area (Å²) < 4.78 is 0. The van der Waals surface area contributed by atoms with Crippen LogP contribution in [0.25, 0.3) is 10.4 Å². The van der Waals surface area contributed by atoms with E-state index in [2.05, 4.69) is 16.9 Å². The molecule has 4 nitrogen and oxygen atoms in total. The molecule has 0 fully saturated rings. The van der Waals surface area contributed by atoms with E-state index in [-0.39, 0.29) is 6.42 Å². The Morgan fingerprint density at radius 3 is 2.71 bits per heavy atom. The summed E-state index contributed by atoms with van der Waals surface area (Å²) in [5.41, 5.74) is 7.64. The van der Waals surface area contributed by atoms with Crippen molar-refractivity contribution in [1.29, 1.82) is 0 Å². The molecule has 0 saturated heterocycles. The second kappa shape index (κ2) is 3.46. The maximum absolute atomic E-state index is 8.38. The van der Waals surface area contributed by atoms with Crippen molar-refractivity contribution in [1.82, 2.24) is 0 Å². The van der Waals surface area contributed by atoms with Crippen molar-refractivity contribution < 1.29 is 5.11 Å². The standard InChI is InChI=1S/C3H6N3O/c1-2-3(7)5-6-4/h3,7H,1-2H2. The van der Waals surface area contributed by atoms with Crippen LogP contribution in [-0.2, 0) is 0 Å². The number of hydrogen-bond acceptors (Lipinski definition) is 2. The number of hydrogen-bond donors (Lipinski definition) is 1. The van der Waals surface area contributed by atoms with Gasteiger partial charge in [-0.25, -0.2) is 0 Å². The number of aliphatic hydroxyl groups excluding tert-OH is 1. The minimum atomic E-state index is -0.954. The van der Waals surface area contributed by atoms with Gasteiger partial charge in [0.15, 0.2) is 0 Å². The minimum Gasteiger partial charge on any atom is -0.387 e. The van der Waals surface area contributed by atoms with Crippen molar-refractivity contribution in [3.63, 3.8) is 0 Å². The van der Waals surface area contributed by atoms with Crippen LogP contribution in [0.3, 0.4) is 0 Å². The fraction of sp³-hybridized carbons (Fsp3) is 0.667. The molecule has 0 aliphatic rings. The van der Waals surface area contributed by atoms with Crippen LogP contribution in [-0.4, -0.2) is 11.3 Å². The number of azide groups is 1. The van der Waals surface area contributed by atoms with Gasteiger partial charge in [-0.05, 0) is 12.0 Å². The molecule has 0 spiro atoms. The van der Waals surface area contributed by atoms with Crippen LogP contribution in [0.2, 0.25) is 0 Å². The average Bonchev–Trinajstić information content (AvgIpc) is 1.68. The van der Waals surface area contributed by atoms with Gasteiger partial charge in [0.25, 0.3) is 0 Å². The molecule has 1 unspecified atom stereocenters. The Morgan fingerprint density at radius 2 is 2.57 bits per heavy atom. The van der Waals surface area contributed by atoms with E-state index >= 15 is 0 Å². The van der Waals surface area contributed by atoms with E-state index < -0.39 is 6.23 Å². The summed E-state index contributed by atoms with van der Waals surface area (Å²) in [6, 6.07) is 0. The second-order valence-electron chi connectivity index (χ2n) is 0.974. The van der Waals surface area contributed by atoms with Gasteiger partial charge in [0.05, 0.1) is 0 Å². The molecule has 0 aromatic heterocycles. The highest BCUT2D eigenvalue weighted by Crippen LogP contribution is 1.88. The van der Waals surface area contributed by atoms with Crippen molar-refractivity contribution in [2.45, 2.75) is 12.6 Å². The van der Waals surface area contributed by atoms with E-state index in [1.807, 2.05) is 0 Å². The van der Waals surface area contributed by atoms with Gasteiger partial charge < -0.3 is 5.11 Å². The fourth-order valence-electron chi connectivity index (χ4n) is 0.117. The van der Waals surface area contributed by atoms with Crippen molar-refractivity contribution in [2.75, 3.05) is 0 Å². The zero-order valence-electron chi connectivity index (χ0n) is 3.78. The monoisotopic (exact) mass is 100 g/mol. The van der Waals surface area contributed by atoms with E-state index in [1.165, 1.54) is 0 Å². The lowest BCUT2D eigenvalue weighted by Crippen LogP contribution is -1.95. The molecule has 0 aromatic rings. The van der Waals surface area contributed by atoms with Gasteiger partial charge in [-0.1, -0.05) is 12.0 Å². The van der Waals surface area contributed by atoms with E-state index in [0.29, 0.717) is 0 Å². The number of aliphatic hydroxyl groups is 1. The van der Waals surface area contributed by atoms with E-state index in [9.17, 15) is 0 Å². The molecule has 0 aliphatic heterocycles. The number of rotatable bonds is 2. The summed E-state index contributed by atoms with van der Waals surface area (Å²) in [7, 11) is 0. The molecule has 1 N–H and O–H groups in total. The van der Waals surface area contributed by atoms with Gasteiger partial charge in [0.2, 0.25) is 0 Å². The molecule has 0 bridgehead atoms. The zero-order valence-corrected chi connectivity index (χ0v) is 3.78. The summed E-state index contributed by atoms with van der Waals surface area (Å²) in [5.74, 6) is 0. The normalized spacial score (nSPS) is 12.3. The Hall–Kier alpha value is -0.730. The van der Waals surface area contributed by atoms with Gasteiger partial charge in [0, 0.05) is 4.91 Å². The molecule has 4 heteroatoms. The second-order valence-corrected chi connectivity index (χ2v) is 0.974. The Morgan fingerprint density at radius 1 is 2.00 bits per heavy atom. The predicted molar refractivity (Wildman–Crippen MR) is 25.1 cm³/mol. The van der Waals surface area contributed by atoms with Gasteiger partial charge in [-0.3, -0.25) is 0 Å². The fourth-order valence-corrected chi connectivity index (χ4v) is 0.117. The average molecular weight is 100 g/mol. The first kappa shape index (κ1) is 6.27. The van der Waals surface area contributed by atoms with Crippen LogP contribution in [0.1, 0.15) is 6.42 Å². The predicted octanol–water partition coefficient (Wildman–Crippen LogP) is 0.839. The Balaban J connectivity index is 3.35. The van der Waals surface area contributed by atoms with Crippen molar-refractivity contribution in [2.24, 2.45) is 5.11 Å². The Labute approximate surface area is 41.4 Å². The summed E-state index contributed by atoms with van der Waals surface area (Å²) >= 11 is 0. The largest absolute Gasteiger partial charge is 0.387 e. The van der Waals surface area contributed by atoms with Crippen LogP contribution in [0, 0.1) is 6.92 Å². The molecule has 1 atom stereocenters. The van der Waals surface area contributed by atoms with E-state index in [4.69, 9.17) is 10.6 Å². The highest BCUT2D eigenvalue weighted by molar-refractivity contribution is 4.52. The Bertz CT molecular complexity index is 86.2. The molecule has 0 aromatic carbocycles. The summed E-state index contributed by atoms with van der Waals surface area (Å²) in [5, 5.41) is 11.3. The molecule has 0 saturated carbocycles. The lowest BCUT2D eigenvalue weighted by atomic mass is 10.5. The van der Waals surface area contributed by atoms with Crippen LogP contribution in [0.15, 0.2) is 5.11 Å². The molecular weight excluding hydrogens is 94.1 g/mol. The quantitative estimate of drug-likeness (QED) is 0.312. The molecule has 0 rings (SSSR count). The smallest absolute Gasteiger partial charge is 0.133 e. The van der Waals surface area contributed by atoms with Crippen LogP contribution < -0.4 is 0 Å². The maximum atomic E-state index is 8.38. The third-order valence-electron chi connectivity index (χ3n) is 0.443. The van der Waals surface area contributed by atoms with Gasteiger partial charge in [-0.15, -0.1) is 0 Å². The molecule has 0 heterocycles. The first-order valence-corrected chi connectivity index (χ1v) is 1.82. The highest BCUT2D eigenvalue weighted by Gasteiger charge is 1.90. The van der Waals surface area contributed by atoms with E-state index in [1.54, 1.807) is 0 Å². The van der Waals surface area contributed by atoms with Crippen molar-refractivity contribution in [3.05, 3.63) is 17.4 Å². The van der Waals surface area contributed by atoms with Gasteiger partial charge in [-0.2, -0.15) is 0 Å². The number of nitrogens with zero attached hydrogens (tertiary/aromatic N) is 3. The van der Waals surface area contributed by atoms with Gasteiger partial charge in [0.1, 0.15) is 6.23 Å². The lowest BCUT2D eigenvalue weighted by Gasteiger charge is -1.91. The molecule has 0 aliphatic carbocycles. The first-order valence-electron chi connectivity index (χ1n) is 1.82. The molecule has 0 amide bonds. The van der Waals surface area contributed by atoms with Crippen molar-refractivity contribution >= 4 is 0 Å². The summed E-state index contributed by atoms with van der Waals surface area (Å²) in [4.78, 5) is 2.34. The third kappa shape index (κ3) is 3.09. The van der Waals surface area contributed by atoms with E-state index in [0.717, 1.165) is 0 Å². The van der Waals surface area contributed by atoms with Crippen LogP contribution >= 0.6 is 0 Å². The third-order valence-corrected chi connectivity index (χ3v) is 0.443. The lowest BCUT2D eigenvalue weighted by molar-refractivity contribution is 0.185. The molecular formula is C3H6N3O. The summed E-state index contributed by atoms with van der Waals surface area (Å²) in [6.45, 7) is 3.29. The first-order chi connectivity index (χ1) is 3.31.